The normalized spacial score (nSPS) is 16.1. The number of carbonyl (C=O) groups is 1. The van der Waals surface area contributed by atoms with Gasteiger partial charge in [0.15, 0.2) is 0 Å². The third-order valence-electron chi connectivity index (χ3n) is 2.70. The lowest BCUT2D eigenvalue weighted by molar-refractivity contribution is 0.130. The first kappa shape index (κ1) is 16.2. The monoisotopic (exact) mass is 246 g/mol. The van der Waals surface area contributed by atoms with Gasteiger partial charge in [0.25, 0.3) is 0 Å². The highest BCUT2D eigenvalue weighted by Crippen LogP contribution is 2.17. The van der Waals surface area contributed by atoms with E-state index < -0.39 is 0 Å². The van der Waals surface area contributed by atoms with Gasteiger partial charge in [-0.3, -0.25) is 0 Å². The van der Waals surface area contributed by atoms with Crippen LogP contribution < -0.4 is 5.32 Å². The van der Waals surface area contributed by atoms with Crippen LogP contribution in [0.1, 0.15) is 32.1 Å². The number of carbonyl (C=O) groups excluding carboxylic acids is 1. The van der Waals surface area contributed by atoms with Crippen LogP contribution in [0.15, 0.2) is 0 Å². The van der Waals surface area contributed by atoms with Crippen LogP contribution in [0.4, 0.5) is 4.79 Å². The summed E-state index contributed by atoms with van der Waals surface area (Å²) in [5.74, 6) is 0. The molecule has 102 valence electrons. The van der Waals surface area contributed by atoms with Gasteiger partial charge in [-0.25, -0.2) is 4.79 Å². The number of aliphatic hydroxyl groups is 1. The van der Waals surface area contributed by atoms with Gasteiger partial charge >= 0.3 is 6.09 Å². The second kappa shape index (κ2) is 10.4. The zero-order valence-electron chi connectivity index (χ0n) is 11.2. The fourth-order valence-corrected chi connectivity index (χ4v) is 1.78. The molecule has 0 spiro atoms. The summed E-state index contributed by atoms with van der Waals surface area (Å²) in [5, 5.41) is 9.91. The number of nitrogens with one attached hydrogen (secondary N) is 1. The summed E-state index contributed by atoms with van der Waals surface area (Å²) in [5.41, 5.74) is 0. The molecule has 0 aromatic carbocycles. The molecule has 1 rings (SSSR count). The van der Waals surface area contributed by atoms with E-state index in [0.717, 1.165) is 26.5 Å². The van der Waals surface area contributed by atoms with Crippen LogP contribution in [0.5, 0.6) is 0 Å². The third kappa shape index (κ3) is 8.94. The standard InChI is InChI=1S/C11H22N2O2.CH4O/c1-13(2)8-9-15-11(14)12-10-6-4-3-5-7-10;1-2/h10H,3-9H2,1-2H3,(H,12,14);2H,1H3. The Labute approximate surface area is 104 Å². The van der Waals surface area contributed by atoms with Gasteiger partial charge in [-0.1, -0.05) is 19.3 Å². The lowest BCUT2D eigenvalue weighted by Crippen LogP contribution is -2.37. The SMILES string of the molecule is CN(C)CCOC(=O)NC1CCCCC1.CO. The molecular weight excluding hydrogens is 220 g/mol. The van der Waals surface area contributed by atoms with Crippen molar-refractivity contribution in [2.24, 2.45) is 0 Å². The van der Waals surface area contributed by atoms with E-state index in [0.29, 0.717) is 12.6 Å². The highest BCUT2D eigenvalue weighted by Gasteiger charge is 2.15. The molecule has 1 aliphatic rings. The maximum Gasteiger partial charge on any atom is 0.407 e. The highest BCUT2D eigenvalue weighted by atomic mass is 16.5. The topological polar surface area (TPSA) is 61.8 Å². The van der Waals surface area contributed by atoms with Crippen molar-refractivity contribution in [3.63, 3.8) is 0 Å². The largest absolute Gasteiger partial charge is 0.448 e. The average molecular weight is 246 g/mol. The minimum Gasteiger partial charge on any atom is -0.448 e. The van der Waals surface area contributed by atoms with E-state index in [2.05, 4.69) is 5.32 Å². The lowest BCUT2D eigenvalue weighted by atomic mass is 9.96. The Bertz CT molecular complexity index is 192. The summed E-state index contributed by atoms with van der Waals surface area (Å²) in [6.07, 6.45) is 5.69. The molecule has 2 N–H and O–H groups in total. The summed E-state index contributed by atoms with van der Waals surface area (Å²) in [6.45, 7) is 1.24. The summed E-state index contributed by atoms with van der Waals surface area (Å²) in [4.78, 5) is 13.3. The molecule has 5 heteroatoms. The summed E-state index contributed by atoms with van der Waals surface area (Å²) in [7, 11) is 4.92. The highest BCUT2D eigenvalue weighted by molar-refractivity contribution is 5.67. The Morgan fingerprint density at radius 3 is 2.41 bits per heavy atom. The van der Waals surface area contributed by atoms with Crippen LogP contribution in [-0.4, -0.2) is 56.5 Å². The van der Waals surface area contributed by atoms with Crippen LogP contribution >= 0.6 is 0 Å². The van der Waals surface area contributed by atoms with Crippen molar-refractivity contribution in [1.29, 1.82) is 0 Å². The molecule has 0 heterocycles. The molecule has 1 fully saturated rings. The molecule has 1 aliphatic carbocycles. The van der Waals surface area contributed by atoms with E-state index in [9.17, 15) is 4.79 Å². The lowest BCUT2D eigenvalue weighted by Gasteiger charge is -2.22. The number of hydrogen-bond acceptors (Lipinski definition) is 4. The third-order valence-corrected chi connectivity index (χ3v) is 2.70. The van der Waals surface area contributed by atoms with Crippen LogP contribution in [0, 0.1) is 0 Å². The van der Waals surface area contributed by atoms with Crippen molar-refractivity contribution in [1.82, 2.24) is 10.2 Å². The molecule has 0 unspecified atom stereocenters. The Hall–Kier alpha value is -0.810. The summed E-state index contributed by atoms with van der Waals surface area (Å²) >= 11 is 0. The number of ether oxygens (including phenoxy) is 1. The van der Waals surface area contributed by atoms with Crippen LogP contribution in [0.3, 0.4) is 0 Å². The van der Waals surface area contributed by atoms with Crippen molar-refractivity contribution in [3.8, 4) is 0 Å². The second-order valence-corrected chi connectivity index (χ2v) is 4.42. The molecule has 5 nitrogen and oxygen atoms in total. The van der Waals surface area contributed by atoms with Gasteiger partial charge in [0.05, 0.1) is 0 Å². The van der Waals surface area contributed by atoms with E-state index in [1.54, 1.807) is 0 Å². The summed E-state index contributed by atoms with van der Waals surface area (Å²) < 4.78 is 5.06. The molecule has 17 heavy (non-hydrogen) atoms. The number of likely N-dealkylation sites (N-methyl/N-ethyl adjacent to an activating group) is 1. The Kier molecular flexibility index (Phi) is 9.86. The smallest absolute Gasteiger partial charge is 0.407 e. The molecule has 0 radical (unpaired) electrons. The first-order valence-electron chi connectivity index (χ1n) is 6.21. The van der Waals surface area contributed by atoms with Gasteiger partial charge in [-0.2, -0.15) is 0 Å². The van der Waals surface area contributed by atoms with Crippen molar-refractivity contribution in [2.75, 3.05) is 34.4 Å². The Morgan fingerprint density at radius 1 is 1.29 bits per heavy atom. The first-order valence-corrected chi connectivity index (χ1v) is 6.21. The minimum atomic E-state index is -0.260. The molecule has 0 aromatic heterocycles. The van der Waals surface area contributed by atoms with Crippen molar-refractivity contribution < 1.29 is 14.6 Å². The predicted octanol–water partition coefficient (Wildman–Crippen LogP) is 1.22. The van der Waals surface area contributed by atoms with E-state index in [1.807, 2.05) is 19.0 Å². The molecule has 1 amide bonds. The Balaban J connectivity index is 0.00000121. The number of alkyl carbamates (subject to hydrolysis) is 1. The molecule has 0 atom stereocenters. The molecule has 0 aliphatic heterocycles. The number of nitrogens with zero attached hydrogens (tertiary/aromatic N) is 1. The number of amides is 1. The van der Waals surface area contributed by atoms with Gasteiger partial charge in [-0.15, -0.1) is 0 Å². The molecule has 1 saturated carbocycles. The van der Waals surface area contributed by atoms with Gasteiger partial charge in [0.1, 0.15) is 6.61 Å². The van der Waals surface area contributed by atoms with E-state index in [-0.39, 0.29) is 6.09 Å². The maximum atomic E-state index is 11.3. The quantitative estimate of drug-likeness (QED) is 0.783. The zero-order chi connectivity index (χ0) is 13.1. The minimum absolute atomic E-state index is 0.260. The fraction of sp³-hybridized carbons (Fsp3) is 0.917. The van der Waals surface area contributed by atoms with Crippen molar-refractivity contribution in [2.45, 2.75) is 38.1 Å². The maximum absolute atomic E-state index is 11.3. The zero-order valence-corrected chi connectivity index (χ0v) is 11.2. The molecule has 0 aromatic rings. The Morgan fingerprint density at radius 2 is 1.88 bits per heavy atom. The van der Waals surface area contributed by atoms with E-state index in [4.69, 9.17) is 9.84 Å². The van der Waals surface area contributed by atoms with Crippen LogP contribution in [-0.2, 0) is 4.74 Å². The van der Waals surface area contributed by atoms with Crippen LogP contribution in [0.25, 0.3) is 0 Å². The predicted molar refractivity (Wildman–Crippen MR) is 68.1 cm³/mol. The second-order valence-electron chi connectivity index (χ2n) is 4.42. The van der Waals surface area contributed by atoms with Gasteiger partial charge in [-0.05, 0) is 26.9 Å². The molecular formula is C12H26N2O3. The summed E-state index contributed by atoms with van der Waals surface area (Å²) in [6, 6.07) is 0.339. The van der Waals surface area contributed by atoms with Gasteiger partial charge in [0.2, 0.25) is 0 Å². The first-order chi connectivity index (χ1) is 8.18. The van der Waals surface area contributed by atoms with E-state index in [1.165, 1.54) is 19.3 Å². The number of aliphatic hydroxyl groups excluding tert-OH is 1. The number of hydrogen-bond donors (Lipinski definition) is 2. The van der Waals surface area contributed by atoms with Crippen molar-refractivity contribution in [3.05, 3.63) is 0 Å². The van der Waals surface area contributed by atoms with Gasteiger partial charge in [0, 0.05) is 19.7 Å². The van der Waals surface area contributed by atoms with Crippen LogP contribution in [0.2, 0.25) is 0 Å². The average Bonchev–Trinajstić information content (AvgIpc) is 2.32. The van der Waals surface area contributed by atoms with Crippen molar-refractivity contribution >= 4 is 6.09 Å². The fourth-order valence-electron chi connectivity index (χ4n) is 1.78. The van der Waals surface area contributed by atoms with E-state index >= 15 is 0 Å². The number of rotatable bonds is 4. The van der Waals surface area contributed by atoms with Gasteiger partial charge < -0.3 is 20.1 Å². The molecule has 0 saturated heterocycles. The molecule has 0 bridgehead atoms.